The number of benzene rings is 2. The van der Waals surface area contributed by atoms with E-state index in [4.69, 9.17) is 32.9 Å². The zero-order chi connectivity index (χ0) is 22.1. The Labute approximate surface area is 189 Å². The van der Waals surface area contributed by atoms with Gasteiger partial charge in [0.2, 0.25) is 0 Å². The number of hydrogen-bond acceptors (Lipinski definition) is 4. The van der Waals surface area contributed by atoms with Crippen molar-refractivity contribution < 1.29 is 14.6 Å². The number of aromatic carboxylic acids is 1. The molecule has 2 aromatic carbocycles. The molecule has 0 bridgehead atoms. The summed E-state index contributed by atoms with van der Waals surface area (Å²) in [7, 11) is 0. The Morgan fingerprint density at radius 1 is 1.06 bits per heavy atom. The van der Waals surface area contributed by atoms with Crippen LogP contribution in [0, 0.1) is 13.8 Å². The van der Waals surface area contributed by atoms with Crippen molar-refractivity contribution in [2.45, 2.75) is 27.0 Å². The predicted molar refractivity (Wildman–Crippen MR) is 120 cm³/mol. The Bertz CT molecular complexity index is 1300. The second kappa shape index (κ2) is 8.57. The van der Waals surface area contributed by atoms with E-state index >= 15 is 0 Å². The number of aryl methyl sites for hydroxylation is 2. The van der Waals surface area contributed by atoms with Crippen LogP contribution < -0.4 is 4.74 Å². The number of aromatic nitrogens is 3. The molecule has 8 heteroatoms. The van der Waals surface area contributed by atoms with Gasteiger partial charge in [-0.3, -0.25) is 0 Å². The lowest BCUT2D eigenvalue weighted by atomic mass is 10.1. The van der Waals surface area contributed by atoms with Crippen LogP contribution >= 0.6 is 23.2 Å². The summed E-state index contributed by atoms with van der Waals surface area (Å²) in [6.45, 7) is 4.53. The predicted octanol–water partition coefficient (Wildman–Crippen LogP) is 5.68. The molecule has 0 saturated heterocycles. The maximum atomic E-state index is 11.4. The van der Waals surface area contributed by atoms with Crippen LogP contribution in [0.4, 0.5) is 0 Å². The smallest absolute Gasteiger partial charge is 0.336 e. The number of hydrogen-bond donors (Lipinski definition) is 1. The number of rotatable bonds is 6. The van der Waals surface area contributed by atoms with Crippen LogP contribution in [-0.4, -0.2) is 25.6 Å². The summed E-state index contributed by atoms with van der Waals surface area (Å²) in [5.74, 6) is 0.483. The van der Waals surface area contributed by atoms with Crippen LogP contribution in [0.25, 0.3) is 11.0 Å². The first-order valence-corrected chi connectivity index (χ1v) is 10.3. The molecular formula is C23H19Cl2N3O3. The Morgan fingerprint density at radius 3 is 2.58 bits per heavy atom. The molecule has 4 rings (SSSR count). The first kappa shape index (κ1) is 21.2. The molecule has 31 heavy (non-hydrogen) atoms. The Morgan fingerprint density at radius 2 is 1.84 bits per heavy atom. The highest BCUT2D eigenvalue weighted by Crippen LogP contribution is 2.28. The molecular weight excluding hydrogens is 437 g/mol. The Kier molecular flexibility index (Phi) is 5.85. The molecule has 2 heterocycles. The second-order valence-electron chi connectivity index (χ2n) is 7.19. The minimum absolute atomic E-state index is 0.146. The molecule has 0 amide bonds. The summed E-state index contributed by atoms with van der Waals surface area (Å²) in [5.41, 5.74) is 4.38. The number of halogens is 2. The van der Waals surface area contributed by atoms with Gasteiger partial charge in [0.25, 0.3) is 0 Å². The van der Waals surface area contributed by atoms with Crippen LogP contribution in [-0.2, 0) is 13.2 Å². The summed E-state index contributed by atoms with van der Waals surface area (Å²) < 4.78 is 8.00. The molecule has 0 unspecified atom stereocenters. The highest BCUT2D eigenvalue weighted by atomic mass is 35.5. The number of ether oxygens (including phenoxy) is 1. The third-order valence-electron chi connectivity index (χ3n) is 5.07. The monoisotopic (exact) mass is 455 g/mol. The lowest BCUT2D eigenvalue weighted by Crippen LogP contribution is -2.06. The van der Waals surface area contributed by atoms with Crippen LogP contribution in [0.2, 0.25) is 10.3 Å². The number of fused-ring (bicyclic) bond motifs is 1. The molecule has 6 nitrogen and oxygen atoms in total. The minimum atomic E-state index is -0.979. The van der Waals surface area contributed by atoms with E-state index in [0.717, 1.165) is 28.0 Å². The van der Waals surface area contributed by atoms with Gasteiger partial charge in [-0.25, -0.2) is 14.8 Å². The van der Waals surface area contributed by atoms with Crippen molar-refractivity contribution in [1.82, 2.24) is 14.5 Å². The average Bonchev–Trinajstić information content (AvgIpc) is 3.04. The van der Waals surface area contributed by atoms with Crippen LogP contribution in [0.1, 0.15) is 32.9 Å². The first-order chi connectivity index (χ1) is 14.8. The van der Waals surface area contributed by atoms with Gasteiger partial charge in [-0.1, -0.05) is 47.5 Å². The number of carboxylic acids is 1. The lowest BCUT2D eigenvalue weighted by molar-refractivity contribution is 0.0694. The summed E-state index contributed by atoms with van der Waals surface area (Å²) in [5, 5.41) is 10.1. The number of carboxylic acid groups (broad SMARTS) is 1. The molecule has 0 saturated carbocycles. The summed E-state index contributed by atoms with van der Waals surface area (Å²) >= 11 is 12.2. The summed E-state index contributed by atoms with van der Waals surface area (Å²) in [4.78, 5) is 20.2. The van der Waals surface area contributed by atoms with Gasteiger partial charge in [0.15, 0.2) is 0 Å². The molecule has 2 aromatic heterocycles. The van der Waals surface area contributed by atoms with Crippen molar-refractivity contribution in [2.75, 3.05) is 0 Å². The van der Waals surface area contributed by atoms with Gasteiger partial charge in [0.1, 0.15) is 28.5 Å². The SMILES string of the molecule is Cc1cc(OCc2ccccc2C(=O)O)cc2c1nc(C)n2Cc1ccc(Cl)nc1Cl. The number of nitrogens with zero attached hydrogens (tertiary/aromatic N) is 3. The van der Waals surface area contributed by atoms with Gasteiger partial charge in [0.05, 0.1) is 23.1 Å². The number of imidazole rings is 1. The van der Waals surface area contributed by atoms with Gasteiger partial charge in [-0.2, -0.15) is 0 Å². The van der Waals surface area contributed by atoms with E-state index in [1.165, 1.54) is 0 Å². The maximum absolute atomic E-state index is 11.4. The fourth-order valence-electron chi connectivity index (χ4n) is 3.50. The average molecular weight is 456 g/mol. The molecule has 0 aliphatic carbocycles. The molecule has 0 fully saturated rings. The van der Waals surface area contributed by atoms with E-state index in [-0.39, 0.29) is 12.2 Å². The van der Waals surface area contributed by atoms with E-state index in [1.807, 2.05) is 36.6 Å². The number of pyridine rings is 1. The van der Waals surface area contributed by atoms with E-state index in [9.17, 15) is 9.90 Å². The first-order valence-electron chi connectivity index (χ1n) is 9.56. The van der Waals surface area contributed by atoms with Crippen molar-refractivity contribution in [1.29, 1.82) is 0 Å². The van der Waals surface area contributed by atoms with Gasteiger partial charge < -0.3 is 14.4 Å². The van der Waals surface area contributed by atoms with Crippen molar-refractivity contribution in [2.24, 2.45) is 0 Å². The topological polar surface area (TPSA) is 77.2 Å². The normalized spacial score (nSPS) is 11.1. The van der Waals surface area contributed by atoms with E-state index in [2.05, 4.69) is 4.98 Å². The van der Waals surface area contributed by atoms with Gasteiger partial charge in [-0.05, 0) is 37.6 Å². The fourth-order valence-corrected chi connectivity index (χ4v) is 3.91. The summed E-state index contributed by atoms with van der Waals surface area (Å²) in [6, 6.07) is 14.2. The van der Waals surface area contributed by atoms with Crippen molar-refractivity contribution in [3.05, 3.63) is 86.9 Å². The highest BCUT2D eigenvalue weighted by molar-refractivity contribution is 6.32. The summed E-state index contributed by atoms with van der Waals surface area (Å²) in [6.07, 6.45) is 0. The molecule has 0 atom stereocenters. The zero-order valence-corrected chi connectivity index (χ0v) is 18.4. The third kappa shape index (κ3) is 4.36. The van der Waals surface area contributed by atoms with E-state index < -0.39 is 5.97 Å². The van der Waals surface area contributed by atoms with Crippen LogP contribution in [0.15, 0.2) is 48.5 Å². The second-order valence-corrected chi connectivity index (χ2v) is 7.93. The quantitative estimate of drug-likeness (QED) is 0.378. The zero-order valence-electron chi connectivity index (χ0n) is 16.9. The van der Waals surface area contributed by atoms with Crippen LogP contribution in [0.5, 0.6) is 5.75 Å². The highest BCUT2D eigenvalue weighted by Gasteiger charge is 2.15. The molecule has 4 aromatic rings. The molecule has 1 N–H and O–H groups in total. The minimum Gasteiger partial charge on any atom is -0.489 e. The van der Waals surface area contributed by atoms with E-state index in [1.54, 1.807) is 30.3 Å². The maximum Gasteiger partial charge on any atom is 0.336 e. The van der Waals surface area contributed by atoms with Crippen molar-refractivity contribution in [3.63, 3.8) is 0 Å². The molecule has 0 aliphatic heterocycles. The number of carbonyl (C=O) groups is 1. The standard InChI is InChI=1S/C23H19Cl2N3O3/c1-13-9-17(31-12-16-5-3-4-6-18(16)23(29)30)10-19-21(13)26-14(2)28(19)11-15-7-8-20(24)27-22(15)25/h3-10H,11-12H2,1-2H3,(H,29,30). The fraction of sp³-hybridized carbons (Fsp3) is 0.174. The van der Waals surface area contributed by atoms with Gasteiger partial charge in [-0.15, -0.1) is 0 Å². The van der Waals surface area contributed by atoms with Crippen LogP contribution in [0.3, 0.4) is 0 Å². The Hall–Kier alpha value is -3.09. The third-order valence-corrected chi connectivity index (χ3v) is 5.61. The van der Waals surface area contributed by atoms with Gasteiger partial charge in [0, 0.05) is 17.2 Å². The molecule has 0 radical (unpaired) electrons. The molecule has 158 valence electrons. The largest absolute Gasteiger partial charge is 0.489 e. The Balaban J connectivity index is 1.68. The van der Waals surface area contributed by atoms with Gasteiger partial charge >= 0.3 is 5.97 Å². The lowest BCUT2D eigenvalue weighted by Gasteiger charge is -2.12. The van der Waals surface area contributed by atoms with Crippen molar-refractivity contribution >= 4 is 40.2 Å². The molecule has 0 spiro atoms. The molecule has 0 aliphatic rings. The van der Waals surface area contributed by atoms with Crippen molar-refractivity contribution in [3.8, 4) is 5.75 Å². The van der Waals surface area contributed by atoms with E-state index in [0.29, 0.717) is 28.2 Å².